The third-order valence-corrected chi connectivity index (χ3v) is 5.53. The smallest absolute Gasteiger partial charge is 0.417 e. The van der Waals surface area contributed by atoms with E-state index in [0.29, 0.717) is 24.2 Å². The Hall–Kier alpha value is -2.78. The van der Waals surface area contributed by atoms with Crippen molar-refractivity contribution in [1.29, 1.82) is 0 Å². The molecule has 0 N–H and O–H groups in total. The van der Waals surface area contributed by atoms with Crippen molar-refractivity contribution in [2.45, 2.75) is 38.8 Å². The third-order valence-electron chi connectivity index (χ3n) is 5.20. The van der Waals surface area contributed by atoms with E-state index in [4.69, 9.17) is 16.3 Å². The highest BCUT2D eigenvalue weighted by molar-refractivity contribution is 6.31. The van der Waals surface area contributed by atoms with Gasteiger partial charge in [-0.05, 0) is 49.7 Å². The molecule has 33 heavy (non-hydrogen) atoms. The van der Waals surface area contributed by atoms with Gasteiger partial charge in [0.2, 0.25) is 0 Å². The predicted octanol–water partition coefficient (Wildman–Crippen LogP) is 5.38. The summed E-state index contributed by atoms with van der Waals surface area (Å²) in [5, 5.41) is -0.449. The van der Waals surface area contributed by atoms with Crippen molar-refractivity contribution in [2.24, 2.45) is 0 Å². The maximum Gasteiger partial charge on any atom is 0.417 e. The summed E-state index contributed by atoms with van der Waals surface area (Å²) >= 11 is 5.78. The first-order chi connectivity index (χ1) is 15.5. The van der Waals surface area contributed by atoms with E-state index in [1.165, 1.54) is 30.2 Å². The van der Waals surface area contributed by atoms with Gasteiger partial charge in [-0.2, -0.15) is 13.2 Å². The molecule has 6 nitrogen and oxygen atoms in total. The lowest BCUT2D eigenvalue weighted by Gasteiger charge is -2.38. The number of anilines is 1. The van der Waals surface area contributed by atoms with Crippen LogP contribution in [0.4, 0.5) is 23.7 Å². The minimum absolute atomic E-state index is 0.0145. The number of urea groups is 1. The molecule has 2 aromatic rings. The number of nitrogens with zero attached hydrogens (tertiary/aromatic N) is 2. The standard InChI is InChI=1S/C23H24ClF3N2O4/c1-14-11-28(12-15(2)33-14)22(31)29(13-16-4-6-17(7-5-16)21(30)32-3)18-8-9-20(24)19(10-18)23(25,26)27/h4-10,14-15H,11-13H2,1-3H3. The van der Waals surface area contributed by atoms with E-state index >= 15 is 0 Å². The van der Waals surface area contributed by atoms with Crippen LogP contribution in [0, 0.1) is 0 Å². The molecule has 1 heterocycles. The van der Waals surface area contributed by atoms with Crippen molar-refractivity contribution in [1.82, 2.24) is 4.90 Å². The highest BCUT2D eigenvalue weighted by atomic mass is 35.5. The monoisotopic (exact) mass is 484 g/mol. The van der Waals surface area contributed by atoms with Crippen LogP contribution in [0.5, 0.6) is 0 Å². The van der Waals surface area contributed by atoms with Crippen molar-refractivity contribution in [3.63, 3.8) is 0 Å². The molecule has 178 valence electrons. The number of alkyl halides is 3. The van der Waals surface area contributed by atoms with Gasteiger partial charge in [0.25, 0.3) is 0 Å². The molecule has 1 aliphatic rings. The van der Waals surface area contributed by atoms with Crippen molar-refractivity contribution in [2.75, 3.05) is 25.1 Å². The summed E-state index contributed by atoms with van der Waals surface area (Å²) in [6, 6.07) is 9.24. The third kappa shape index (κ3) is 5.97. The van der Waals surface area contributed by atoms with Gasteiger partial charge in [0.05, 0.1) is 42.0 Å². The minimum atomic E-state index is -4.67. The molecule has 0 aromatic heterocycles. The summed E-state index contributed by atoms with van der Waals surface area (Å²) in [6.45, 7) is 4.26. The number of hydrogen-bond donors (Lipinski definition) is 0. The number of halogens is 4. The van der Waals surface area contributed by atoms with Crippen LogP contribution in [0.25, 0.3) is 0 Å². The molecule has 0 spiro atoms. The van der Waals surface area contributed by atoms with Crippen LogP contribution >= 0.6 is 11.6 Å². The van der Waals surface area contributed by atoms with E-state index in [1.54, 1.807) is 17.0 Å². The fourth-order valence-corrected chi connectivity index (χ4v) is 3.94. The quantitative estimate of drug-likeness (QED) is 0.547. The molecule has 2 unspecified atom stereocenters. The second-order valence-electron chi connectivity index (χ2n) is 7.88. The molecule has 2 atom stereocenters. The van der Waals surface area contributed by atoms with Gasteiger partial charge in [0.15, 0.2) is 0 Å². The van der Waals surface area contributed by atoms with Gasteiger partial charge in [-0.25, -0.2) is 9.59 Å². The Labute approximate surface area is 194 Å². The lowest BCUT2D eigenvalue weighted by atomic mass is 10.1. The Balaban J connectivity index is 1.98. The van der Waals surface area contributed by atoms with Crippen LogP contribution in [0.3, 0.4) is 0 Å². The average Bonchev–Trinajstić information content (AvgIpc) is 2.76. The Kier molecular flexibility index (Phi) is 7.54. The Morgan fingerprint density at radius 1 is 1.12 bits per heavy atom. The molecule has 0 bridgehead atoms. The number of hydrogen-bond acceptors (Lipinski definition) is 4. The Morgan fingerprint density at radius 3 is 2.27 bits per heavy atom. The van der Waals surface area contributed by atoms with Crippen LogP contribution in [-0.2, 0) is 22.2 Å². The largest absolute Gasteiger partial charge is 0.465 e. The summed E-state index contributed by atoms with van der Waals surface area (Å²) in [7, 11) is 1.26. The predicted molar refractivity (Wildman–Crippen MR) is 117 cm³/mol. The topological polar surface area (TPSA) is 59.1 Å². The van der Waals surface area contributed by atoms with Gasteiger partial charge in [0.1, 0.15) is 0 Å². The fourth-order valence-electron chi connectivity index (χ4n) is 3.72. The SMILES string of the molecule is COC(=O)c1ccc(CN(C(=O)N2CC(C)OC(C)C2)c2ccc(Cl)c(C(F)(F)F)c2)cc1. The second-order valence-corrected chi connectivity index (χ2v) is 8.29. The van der Waals surface area contributed by atoms with Crippen LogP contribution in [0.1, 0.15) is 35.3 Å². The first-order valence-corrected chi connectivity index (χ1v) is 10.6. The number of benzene rings is 2. The van der Waals surface area contributed by atoms with Gasteiger partial charge in [-0.3, -0.25) is 4.90 Å². The first kappa shape index (κ1) is 24.9. The number of ether oxygens (including phenoxy) is 2. The molecule has 2 aromatic carbocycles. The van der Waals surface area contributed by atoms with Crippen molar-refractivity contribution >= 4 is 29.3 Å². The van der Waals surface area contributed by atoms with E-state index in [1.807, 2.05) is 13.8 Å². The van der Waals surface area contributed by atoms with Crippen LogP contribution < -0.4 is 4.90 Å². The maximum absolute atomic E-state index is 13.5. The molecular weight excluding hydrogens is 461 g/mol. The molecule has 0 aliphatic carbocycles. The summed E-state index contributed by atoms with van der Waals surface area (Å²) < 4.78 is 50.8. The normalized spacial score (nSPS) is 18.7. The van der Waals surface area contributed by atoms with E-state index < -0.39 is 28.8 Å². The van der Waals surface area contributed by atoms with Crippen molar-refractivity contribution in [3.05, 3.63) is 64.2 Å². The summed E-state index contributed by atoms with van der Waals surface area (Å²) in [5.41, 5.74) is -0.0283. The van der Waals surface area contributed by atoms with E-state index in [0.717, 1.165) is 12.1 Å². The molecule has 10 heteroatoms. The average molecular weight is 485 g/mol. The molecular formula is C23H24ClF3N2O4. The number of carbonyl (C=O) groups is 2. The first-order valence-electron chi connectivity index (χ1n) is 10.3. The Bertz CT molecular complexity index is 1000. The van der Waals surface area contributed by atoms with Crippen LogP contribution in [0.2, 0.25) is 5.02 Å². The fraction of sp³-hybridized carbons (Fsp3) is 0.391. The molecule has 3 rings (SSSR count). The summed E-state index contributed by atoms with van der Waals surface area (Å²) in [5.74, 6) is -0.515. The molecule has 1 aliphatic heterocycles. The number of amides is 2. The van der Waals surface area contributed by atoms with Crippen LogP contribution in [0.15, 0.2) is 42.5 Å². The summed E-state index contributed by atoms with van der Waals surface area (Å²) in [4.78, 5) is 28.0. The van der Waals surface area contributed by atoms with E-state index in [-0.39, 0.29) is 24.4 Å². The van der Waals surface area contributed by atoms with Gasteiger partial charge in [-0.1, -0.05) is 23.7 Å². The second kappa shape index (κ2) is 10.0. The summed E-state index contributed by atoms with van der Waals surface area (Å²) in [6.07, 6.45) is -5.10. The molecule has 0 saturated carbocycles. The van der Waals surface area contributed by atoms with Gasteiger partial charge < -0.3 is 14.4 Å². The van der Waals surface area contributed by atoms with Crippen molar-refractivity contribution in [3.8, 4) is 0 Å². The lowest BCUT2D eigenvalue weighted by molar-refractivity contribution is -0.137. The lowest BCUT2D eigenvalue weighted by Crippen LogP contribution is -2.52. The number of methoxy groups -OCH3 is 1. The number of carbonyl (C=O) groups excluding carboxylic acids is 2. The number of morpholine rings is 1. The molecule has 2 amide bonds. The zero-order valence-corrected chi connectivity index (χ0v) is 19.1. The highest BCUT2D eigenvalue weighted by Gasteiger charge is 2.35. The van der Waals surface area contributed by atoms with Gasteiger partial charge in [-0.15, -0.1) is 0 Å². The van der Waals surface area contributed by atoms with Crippen LogP contribution in [-0.4, -0.2) is 49.3 Å². The minimum Gasteiger partial charge on any atom is -0.465 e. The number of rotatable bonds is 4. The molecule has 1 fully saturated rings. The van der Waals surface area contributed by atoms with Crippen molar-refractivity contribution < 1.29 is 32.2 Å². The molecule has 1 saturated heterocycles. The maximum atomic E-state index is 13.5. The molecule has 0 radical (unpaired) electrons. The Morgan fingerprint density at radius 2 is 1.73 bits per heavy atom. The van der Waals surface area contributed by atoms with E-state index in [9.17, 15) is 22.8 Å². The zero-order chi connectivity index (χ0) is 24.3. The van der Waals surface area contributed by atoms with Gasteiger partial charge in [0, 0.05) is 18.8 Å². The van der Waals surface area contributed by atoms with Gasteiger partial charge >= 0.3 is 18.2 Å². The van der Waals surface area contributed by atoms with E-state index in [2.05, 4.69) is 4.74 Å². The highest BCUT2D eigenvalue weighted by Crippen LogP contribution is 2.37. The zero-order valence-electron chi connectivity index (χ0n) is 18.4. The number of esters is 1.